The minimum Gasteiger partial charge on any atom is -0.494 e. The topological polar surface area (TPSA) is 88.5 Å². The smallest absolute Gasteiger partial charge is 0.303 e. The number of thiazole rings is 1. The molecular weight excluding hydrogens is 340 g/mol. The van der Waals surface area contributed by atoms with E-state index in [0.29, 0.717) is 30.2 Å². The molecule has 25 heavy (non-hydrogen) atoms. The van der Waals surface area contributed by atoms with Crippen molar-refractivity contribution in [2.45, 2.75) is 39.7 Å². The van der Waals surface area contributed by atoms with Crippen LogP contribution < -0.4 is 10.1 Å². The van der Waals surface area contributed by atoms with Crippen LogP contribution in [0.2, 0.25) is 0 Å². The predicted octanol–water partition coefficient (Wildman–Crippen LogP) is 3.19. The number of aromatic nitrogens is 1. The zero-order chi connectivity index (χ0) is 18.2. The highest BCUT2D eigenvalue weighted by atomic mass is 32.1. The summed E-state index contributed by atoms with van der Waals surface area (Å²) in [6.07, 6.45) is 1.40. The van der Waals surface area contributed by atoms with E-state index < -0.39 is 5.97 Å². The van der Waals surface area contributed by atoms with Crippen molar-refractivity contribution in [1.82, 2.24) is 10.3 Å². The highest BCUT2D eigenvalue weighted by molar-refractivity contribution is 7.13. The summed E-state index contributed by atoms with van der Waals surface area (Å²) in [7, 11) is 0. The largest absolute Gasteiger partial charge is 0.494 e. The van der Waals surface area contributed by atoms with Gasteiger partial charge in [0.25, 0.3) is 5.91 Å². The Hall–Kier alpha value is -2.41. The van der Waals surface area contributed by atoms with Gasteiger partial charge in [-0.2, -0.15) is 0 Å². The number of aliphatic carboxylic acids is 1. The summed E-state index contributed by atoms with van der Waals surface area (Å²) in [5.74, 6) is -0.244. The van der Waals surface area contributed by atoms with Gasteiger partial charge in [-0.25, -0.2) is 4.98 Å². The standard InChI is InChI=1S/C18H22N2O4S/c1-3-15-20-12(2)17(25-15)18(23)19-11-13-6-8-14(9-7-13)24-10-4-5-16(21)22/h6-9H,3-5,10-11H2,1-2H3,(H,19,23)(H,21,22). The van der Waals surface area contributed by atoms with Crippen molar-refractivity contribution in [3.05, 3.63) is 45.4 Å². The molecule has 1 amide bonds. The van der Waals surface area contributed by atoms with E-state index >= 15 is 0 Å². The maximum atomic E-state index is 12.3. The van der Waals surface area contributed by atoms with E-state index in [2.05, 4.69) is 10.3 Å². The first-order valence-corrected chi connectivity index (χ1v) is 8.99. The third-order valence-electron chi connectivity index (χ3n) is 3.53. The van der Waals surface area contributed by atoms with E-state index in [0.717, 1.165) is 22.7 Å². The van der Waals surface area contributed by atoms with Crippen LogP contribution in [0.3, 0.4) is 0 Å². The number of nitrogens with one attached hydrogen (secondary N) is 1. The van der Waals surface area contributed by atoms with Crippen molar-refractivity contribution in [2.75, 3.05) is 6.61 Å². The minimum atomic E-state index is -0.822. The van der Waals surface area contributed by atoms with Gasteiger partial charge in [-0.3, -0.25) is 9.59 Å². The molecule has 2 rings (SSSR count). The summed E-state index contributed by atoms with van der Waals surface area (Å²) in [6.45, 7) is 4.66. The molecule has 1 aromatic carbocycles. The summed E-state index contributed by atoms with van der Waals surface area (Å²) in [4.78, 5) is 27.7. The van der Waals surface area contributed by atoms with Crippen molar-refractivity contribution < 1.29 is 19.4 Å². The Morgan fingerprint density at radius 1 is 1.28 bits per heavy atom. The monoisotopic (exact) mass is 362 g/mol. The molecule has 0 aliphatic rings. The van der Waals surface area contributed by atoms with Gasteiger partial charge >= 0.3 is 5.97 Å². The molecule has 1 aromatic heterocycles. The first-order chi connectivity index (χ1) is 12.0. The Labute approximate surface area is 150 Å². The first kappa shape index (κ1) is 18.9. The number of nitrogens with zero attached hydrogens (tertiary/aromatic N) is 1. The van der Waals surface area contributed by atoms with Crippen LogP contribution >= 0.6 is 11.3 Å². The molecule has 0 atom stereocenters. The maximum absolute atomic E-state index is 12.3. The molecule has 1 heterocycles. The van der Waals surface area contributed by atoms with Gasteiger partial charge in [0.15, 0.2) is 0 Å². The van der Waals surface area contributed by atoms with E-state index in [1.165, 1.54) is 11.3 Å². The Morgan fingerprint density at radius 2 is 2.00 bits per heavy atom. The van der Waals surface area contributed by atoms with E-state index in [1.807, 2.05) is 38.1 Å². The number of benzene rings is 1. The lowest BCUT2D eigenvalue weighted by Gasteiger charge is -2.07. The third kappa shape index (κ3) is 5.86. The van der Waals surface area contributed by atoms with Gasteiger partial charge in [-0.1, -0.05) is 19.1 Å². The van der Waals surface area contributed by atoms with Gasteiger partial charge in [0.1, 0.15) is 10.6 Å². The Bertz CT molecular complexity index is 725. The number of carboxylic acids is 1. The van der Waals surface area contributed by atoms with Gasteiger partial charge < -0.3 is 15.2 Å². The number of carboxylic acid groups (broad SMARTS) is 1. The Morgan fingerprint density at radius 3 is 2.60 bits per heavy atom. The molecule has 0 unspecified atom stereocenters. The SMILES string of the molecule is CCc1nc(C)c(C(=O)NCc2ccc(OCCCC(=O)O)cc2)s1. The van der Waals surface area contributed by atoms with E-state index in [-0.39, 0.29) is 12.3 Å². The van der Waals surface area contributed by atoms with Crippen LogP contribution in [-0.4, -0.2) is 28.6 Å². The molecule has 2 aromatic rings. The number of ether oxygens (including phenoxy) is 1. The van der Waals surface area contributed by atoms with Gasteiger partial charge in [0, 0.05) is 13.0 Å². The molecule has 0 fully saturated rings. The van der Waals surface area contributed by atoms with Crippen molar-refractivity contribution in [3.8, 4) is 5.75 Å². The normalized spacial score (nSPS) is 10.5. The molecule has 0 saturated carbocycles. The van der Waals surface area contributed by atoms with Crippen molar-refractivity contribution >= 4 is 23.2 Å². The summed E-state index contributed by atoms with van der Waals surface area (Å²) < 4.78 is 5.48. The lowest BCUT2D eigenvalue weighted by molar-refractivity contribution is -0.137. The predicted molar refractivity (Wildman–Crippen MR) is 96.2 cm³/mol. The molecule has 134 valence electrons. The average Bonchev–Trinajstić information content (AvgIpc) is 2.98. The molecule has 0 spiro atoms. The van der Waals surface area contributed by atoms with E-state index in [1.54, 1.807) is 0 Å². The Balaban J connectivity index is 1.81. The van der Waals surface area contributed by atoms with Crippen molar-refractivity contribution in [2.24, 2.45) is 0 Å². The fourth-order valence-corrected chi connectivity index (χ4v) is 3.11. The maximum Gasteiger partial charge on any atom is 0.303 e. The summed E-state index contributed by atoms with van der Waals surface area (Å²) in [5, 5.41) is 12.4. The van der Waals surface area contributed by atoms with Crippen molar-refractivity contribution in [3.63, 3.8) is 0 Å². The zero-order valence-electron chi connectivity index (χ0n) is 14.4. The third-order valence-corrected chi connectivity index (χ3v) is 4.83. The molecule has 0 radical (unpaired) electrons. The van der Waals surface area contributed by atoms with Gasteiger partial charge in [-0.05, 0) is 37.5 Å². The number of hydrogen-bond donors (Lipinski definition) is 2. The zero-order valence-corrected chi connectivity index (χ0v) is 15.2. The van der Waals surface area contributed by atoms with E-state index in [4.69, 9.17) is 9.84 Å². The number of hydrogen-bond acceptors (Lipinski definition) is 5. The first-order valence-electron chi connectivity index (χ1n) is 8.17. The number of carbonyl (C=O) groups is 2. The van der Waals surface area contributed by atoms with Crippen molar-refractivity contribution in [1.29, 1.82) is 0 Å². The number of carbonyl (C=O) groups excluding carboxylic acids is 1. The lowest BCUT2D eigenvalue weighted by atomic mass is 10.2. The van der Waals surface area contributed by atoms with Gasteiger partial charge in [0.05, 0.1) is 17.3 Å². The molecular formula is C18H22N2O4S. The number of rotatable bonds is 9. The molecule has 0 aliphatic heterocycles. The van der Waals surface area contributed by atoms with Crippen LogP contribution in [0.5, 0.6) is 5.75 Å². The summed E-state index contributed by atoms with van der Waals surface area (Å²) in [5.41, 5.74) is 1.73. The van der Waals surface area contributed by atoms with Gasteiger partial charge in [0.2, 0.25) is 0 Å². The summed E-state index contributed by atoms with van der Waals surface area (Å²) >= 11 is 1.43. The fraction of sp³-hybridized carbons (Fsp3) is 0.389. The average molecular weight is 362 g/mol. The highest BCUT2D eigenvalue weighted by Crippen LogP contribution is 2.18. The van der Waals surface area contributed by atoms with Crippen LogP contribution in [-0.2, 0) is 17.8 Å². The molecule has 2 N–H and O–H groups in total. The van der Waals surface area contributed by atoms with Crippen LogP contribution in [0.25, 0.3) is 0 Å². The Kier molecular flexibility index (Phi) is 6.94. The molecule has 7 heteroatoms. The van der Waals surface area contributed by atoms with Crippen LogP contribution in [0.15, 0.2) is 24.3 Å². The molecule has 0 saturated heterocycles. The number of amides is 1. The van der Waals surface area contributed by atoms with E-state index in [9.17, 15) is 9.59 Å². The molecule has 6 nitrogen and oxygen atoms in total. The number of aryl methyl sites for hydroxylation is 2. The second-order valence-electron chi connectivity index (χ2n) is 5.55. The minimum absolute atomic E-state index is 0.0981. The quantitative estimate of drug-likeness (QED) is 0.669. The highest BCUT2D eigenvalue weighted by Gasteiger charge is 2.14. The van der Waals surface area contributed by atoms with Crippen LogP contribution in [0, 0.1) is 6.92 Å². The van der Waals surface area contributed by atoms with Gasteiger partial charge in [-0.15, -0.1) is 11.3 Å². The fourth-order valence-electron chi connectivity index (χ4n) is 2.19. The van der Waals surface area contributed by atoms with Crippen LogP contribution in [0.1, 0.15) is 45.7 Å². The second kappa shape index (κ2) is 9.17. The molecule has 0 bridgehead atoms. The second-order valence-corrected chi connectivity index (χ2v) is 6.63. The summed E-state index contributed by atoms with van der Waals surface area (Å²) in [6, 6.07) is 7.39. The van der Waals surface area contributed by atoms with Crippen LogP contribution in [0.4, 0.5) is 0 Å². The lowest BCUT2D eigenvalue weighted by Crippen LogP contribution is -2.22. The molecule has 0 aliphatic carbocycles.